The standard InChI is InChI=1S/C27H24FN5O7/c1-4-40-22(35)15-31-24-23(25(36)32(27(31)37)14-21(34)39-3)30-13-19(16-9-11-17(28)12-10-16)33(26(30)29-24)18-7-5-6-8-20(18)38-2/h5-13H,4,14-15H2,1-3H3. The van der Waals surface area contributed by atoms with Crippen LogP contribution in [-0.2, 0) is 32.2 Å². The van der Waals surface area contributed by atoms with Crippen LogP contribution in [0.3, 0.4) is 0 Å². The van der Waals surface area contributed by atoms with E-state index >= 15 is 0 Å². The van der Waals surface area contributed by atoms with Crippen molar-refractivity contribution in [1.82, 2.24) is 23.1 Å². The third-order valence-electron chi connectivity index (χ3n) is 6.31. The minimum absolute atomic E-state index is 0.0696. The Kier molecular flexibility index (Phi) is 6.94. The van der Waals surface area contributed by atoms with Gasteiger partial charge in [0.25, 0.3) is 5.56 Å². The van der Waals surface area contributed by atoms with E-state index < -0.39 is 42.1 Å². The molecule has 3 heterocycles. The van der Waals surface area contributed by atoms with Gasteiger partial charge in [0.15, 0.2) is 11.2 Å². The fraction of sp³-hybridized carbons (Fsp3) is 0.222. The van der Waals surface area contributed by atoms with Gasteiger partial charge < -0.3 is 14.2 Å². The number of hydrogen-bond donors (Lipinski definition) is 0. The van der Waals surface area contributed by atoms with Crippen LogP contribution in [0.25, 0.3) is 33.9 Å². The lowest BCUT2D eigenvalue weighted by Crippen LogP contribution is -2.43. The molecule has 0 fully saturated rings. The number of nitrogens with zero attached hydrogens (tertiary/aromatic N) is 5. The summed E-state index contributed by atoms with van der Waals surface area (Å²) in [5.41, 5.74) is -0.242. The third-order valence-corrected chi connectivity index (χ3v) is 6.31. The minimum atomic E-state index is -0.931. The van der Waals surface area contributed by atoms with Crippen molar-refractivity contribution in [2.24, 2.45) is 0 Å². The van der Waals surface area contributed by atoms with Crippen molar-refractivity contribution in [3.63, 3.8) is 0 Å². The van der Waals surface area contributed by atoms with E-state index in [1.807, 2.05) is 0 Å². The first-order chi connectivity index (χ1) is 19.3. The van der Waals surface area contributed by atoms with Crippen LogP contribution < -0.4 is 16.0 Å². The lowest BCUT2D eigenvalue weighted by molar-refractivity contribution is -0.143. The van der Waals surface area contributed by atoms with Crippen LogP contribution in [0.4, 0.5) is 4.39 Å². The highest BCUT2D eigenvalue weighted by Crippen LogP contribution is 2.33. The summed E-state index contributed by atoms with van der Waals surface area (Å²) < 4.78 is 33.8. The van der Waals surface area contributed by atoms with E-state index in [1.165, 1.54) is 23.6 Å². The number of fused-ring (bicyclic) bond motifs is 3. The summed E-state index contributed by atoms with van der Waals surface area (Å²) in [5.74, 6) is -1.32. The van der Waals surface area contributed by atoms with Crippen molar-refractivity contribution in [2.45, 2.75) is 20.0 Å². The van der Waals surface area contributed by atoms with Crippen molar-refractivity contribution in [3.05, 3.63) is 81.4 Å². The van der Waals surface area contributed by atoms with Crippen LogP contribution in [-0.4, -0.2) is 55.9 Å². The topological polar surface area (TPSA) is 128 Å². The summed E-state index contributed by atoms with van der Waals surface area (Å²) in [7, 11) is 2.63. The number of aromatic nitrogens is 5. The molecule has 13 heteroatoms. The van der Waals surface area contributed by atoms with Crippen LogP contribution in [0.2, 0.25) is 0 Å². The summed E-state index contributed by atoms with van der Waals surface area (Å²) >= 11 is 0. The Bertz CT molecular complexity index is 1880. The van der Waals surface area contributed by atoms with Crippen LogP contribution in [0.5, 0.6) is 5.75 Å². The largest absolute Gasteiger partial charge is 0.495 e. The second-order valence-corrected chi connectivity index (χ2v) is 8.62. The number of benzene rings is 2. The first-order valence-electron chi connectivity index (χ1n) is 12.2. The Morgan fingerprint density at radius 1 is 0.950 bits per heavy atom. The fourth-order valence-corrected chi connectivity index (χ4v) is 4.50. The van der Waals surface area contributed by atoms with Crippen LogP contribution >= 0.6 is 0 Å². The molecule has 0 radical (unpaired) electrons. The molecular formula is C27H24FN5O7. The molecule has 0 saturated carbocycles. The van der Waals surface area contributed by atoms with Crippen molar-refractivity contribution >= 4 is 28.9 Å². The maximum absolute atomic E-state index is 13.8. The van der Waals surface area contributed by atoms with Crippen molar-refractivity contribution < 1.29 is 28.2 Å². The number of ether oxygens (including phenoxy) is 3. The maximum atomic E-state index is 13.8. The zero-order valence-corrected chi connectivity index (χ0v) is 21.8. The summed E-state index contributed by atoms with van der Waals surface area (Å²) in [6, 6.07) is 12.8. The van der Waals surface area contributed by atoms with E-state index in [2.05, 4.69) is 9.72 Å². The van der Waals surface area contributed by atoms with Crippen molar-refractivity contribution in [1.29, 1.82) is 0 Å². The maximum Gasteiger partial charge on any atom is 0.333 e. The van der Waals surface area contributed by atoms with Gasteiger partial charge in [-0.05, 0) is 43.3 Å². The Labute approximate surface area is 225 Å². The van der Waals surface area contributed by atoms with Gasteiger partial charge in [0.05, 0.1) is 32.2 Å². The average molecular weight is 550 g/mol. The van der Waals surface area contributed by atoms with Gasteiger partial charge in [-0.2, -0.15) is 4.98 Å². The van der Waals surface area contributed by atoms with Crippen LogP contribution in [0.15, 0.2) is 64.3 Å². The Morgan fingerprint density at radius 2 is 1.65 bits per heavy atom. The van der Waals surface area contributed by atoms with Gasteiger partial charge in [0.2, 0.25) is 5.78 Å². The number of imidazole rings is 2. The molecule has 5 aromatic rings. The Hall–Kier alpha value is -5.20. The number of rotatable bonds is 8. The molecule has 0 aliphatic rings. The quantitative estimate of drug-likeness (QED) is 0.270. The molecule has 0 atom stereocenters. The van der Waals surface area contributed by atoms with Gasteiger partial charge in [-0.15, -0.1) is 0 Å². The number of hydrogen-bond acceptors (Lipinski definition) is 8. The SMILES string of the molecule is CCOC(=O)Cn1c(=O)n(CC(=O)OC)c(=O)c2c1nc1n(-c3ccccc3OC)c(-c3ccc(F)cc3)cn21. The van der Waals surface area contributed by atoms with Gasteiger partial charge in [-0.1, -0.05) is 12.1 Å². The third kappa shape index (κ3) is 4.40. The lowest BCUT2D eigenvalue weighted by Gasteiger charge is -2.13. The van der Waals surface area contributed by atoms with Gasteiger partial charge in [0.1, 0.15) is 24.7 Å². The van der Waals surface area contributed by atoms with E-state index in [0.717, 1.165) is 11.7 Å². The summed E-state index contributed by atoms with van der Waals surface area (Å²) in [6.45, 7) is 0.457. The molecule has 12 nitrogen and oxygen atoms in total. The predicted octanol–water partition coefficient (Wildman–Crippen LogP) is 2.15. The van der Waals surface area contributed by atoms with Gasteiger partial charge >= 0.3 is 17.6 Å². The molecule has 40 heavy (non-hydrogen) atoms. The van der Waals surface area contributed by atoms with E-state index in [1.54, 1.807) is 54.1 Å². The van der Waals surface area contributed by atoms with Crippen LogP contribution in [0.1, 0.15) is 6.92 Å². The number of methoxy groups -OCH3 is 2. The molecule has 0 amide bonds. The van der Waals surface area contributed by atoms with E-state index in [-0.39, 0.29) is 23.5 Å². The second kappa shape index (κ2) is 10.5. The number of para-hydroxylation sites is 2. The summed E-state index contributed by atoms with van der Waals surface area (Å²) in [4.78, 5) is 56.2. The van der Waals surface area contributed by atoms with E-state index in [9.17, 15) is 23.6 Å². The number of esters is 2. The molecule has 0 aliphatic heterocycles. The molecule has 0 saturated heterocycles. The molecule has 0 unspecified atom stereocenters. The molecule has 0 aliphatic carbocycles. The number of carbonyl (C=O) groups excluding carboxylic acids is 2. The van der Waals surface area contributed by atoms with Gasteiger partial charge in [0, 0.05) is 11.8 Å². The lowest BCUT2D eigenvalue weighted by atomic mass is 10.1. The minimum Gasteiger partial charge on any atom is -0.495 e. The molecule has 0 spiro atoms. The fourth-order valence-electron chi connectivity index (χ4n) is 4.50. The molecule has 0 bridgehead atoms. The van der Waals surface area contributed by atoms with E-state index in [0.29, 0.717) is 27.3 Å². The molecule has 206 valence electrons. The second-order valence-electron chi connectivity index (χ2n) is 8.62. The predicted molar refractivity (Wildman–Crippen MR) is 141 cm³/mol. The Balaban J connectivity index is 1.91. The Morgan fingerprint density at radius 3 is 2.33 bits per heavy atom. The number of carbonyl (C=O) groups is 2. The van der Waals surface area contributed by atoms with Crippen molar-refractivity contribution in [3.8, 4) is 22.7 Å². The van der Waals surface area contributed by atoms with Gasteiger partial charge in [-0.25, -0.2) is 13.8 Å². The molecule has 0 N–H and O–H groups in total. The normalized spacial score (nSPS) is 11.2. The first-order valence-corrected chi connectivity index (χ1v) is 12.2. The summed E-state index contributed by atoms with van der Waals surface area (Å²) in [6.07, 6.45) is 1.60. The van der Waals surface area contributed by atoms with Crippen LogP contribution in [0, 0.1) is 5.82 Å². The monoisotopic (exact) mass is 549 g/mol. The zero-order valence-electron chi connectivity index (χ0n) is 21.8. The molecule has 2 aromatic carbocycles. The first kappa shape index (κ1) is 26.4. The highest BCUT2D eigenvalue weighted by Gasteiger charge is 2.26. The number of halogens is 1. The van der Waals surface area contributed by atoms with Crippen molar-refractivity contribution in [2.75, 3.05) is 20.8 Å². The van der Waals surface area contributed by atoms with E-state index in [4.69, 9.17) is 9.47 Å². The molecule has 3 aromatic heterocycles. The highest BCUT2D eigenvalue weighted by molar-refractivity contribution is 5.82. The molecular weight excluding hydrogens is 525 g/mol. The van der Waals surface area contributed by atoms with Gasteiger partial charge in [-0.3, -0.25) is 27.9 Å². The molecule has 5 rings (SSSR count). The highest BCUT2D eigenvalue weighted by atomic mass is 19.1. The smallest absolute Gasteiger partial charge is 0.333 e. The summed E-state index contributed by atoms with van der Waals surface area (Å²) in [5, 5.41) is 0. The average Bonchev–Trinajstić information content (AvgIpc) is 3.50. The zero-order chi connectivity index (χ0) is 28.6.